The molecule has 0 radical (unpaired) electrons. The summed E-state index contributed by atoms with van der Waals surface area (Å²) < 4.78 is 0. The zero-order valence-corrected chi connectivity index (χ0v) is 12.2. The highest BCUT2D eigenvalue weighted by Crippen LogP contribution is 2.20. The first-order valence-corrected chi connectivity index (χ1v) is 7.66. The van der Waals surface area contributed by atoms with Gasteiger partial charge < -0.3 is 5.32 Å². The molecule has 3 rings (SSSR count). The van der Waals surface area contributed by atoms with E-state index in [2.05, 4.69) is 46.4 Å². The lowest BCUT2D eigenvalue weighted by molar-refractivity contribution is 0.163. The summed E-state index contributed by atoms with van der Waals surface area (Å²) in [7, 11) is 0. The number of aromatic nitrogens is 1. The molecule has 2 heterocycles. The highest BCUT2D eigenvalue weighted by molar-refractivity contribution is 5.81. The lowest BCUT2D eigenvalue weighted by Gasteiger charge is -2.34. The van der Waals surface area contributed by atoms with Crippen LogP contribution in [0.4, 0.5) is 0 Å². The highest BCUT2D eigenvalue weighted by Gasteiger charge is 2.20. The van der Waals surface area contributed by atoms with E-state index in [1.165, 1.54) is 23.8 Å². The van der Waals surface area contributed by atoms with Crippen molar-refractivity contribution >= 4 is 10.9 Å². The maximum atomic E-state index is 4.57. The molecular formula is C17H23N3. The Morgan fingerprint density at radius 2 is 2.00 bits per heavy atom. The molecule has 0 aliphatic carbocycles. The summed E-state index contributed by atoms with van der Waals surface area (Å²) in [5.74, 6) is 0. The number of hydrogen-bond acceptors (Lipinski definition) is 3. The highest BCUT2D eigenvalue weighted by atomic mass is 15.2. The first-order valence-electron chi connectivity index (χ1n) is 7.66. The van der Waals surface area contributed by atoms with Crippen LogP contribution in [0.25, 0.3) is 10.9 Å². The number of piperidine rings is 1. The number of para-hydroxylation sites is 1. The predicted octanol–water partition coefficient (Wildman–Crippen LogP) is 2.81. The smallest absolute Gasteiger partial charge is 0.0746 e. The van der Waals surface area contributed by atoms with Crippen molar-refractivity contribution in [3.05, 3.63) is 42.1 Å². The van der Waals surface area contributed by atoms with Gasteiger partial charge in [-0.1, -0.05) is 31.2 Å². The fourth-order valence-electron chi connectivity index (χ4n) is 3.18. The van der Waals surface area contributed by atoms with Crippen LogP contribution in [-0.2, 0) is 6.54 Å². The van der Waals surface area contributed by atoms with E-state index in [-0.39, 0.29) is 0 Å². The van der Waals surface area contributed by atoms with Gasteiger partial charge in [-0.25, -0.2) is 0 Å². The lowest BCUT2D eigenvalue weighted by atomic mass is 10.0. The average molecular weight is 269 g/mol. The maximum absolute atomic E-state index is 4.57. The zero-order chi connectivity index (χ0) is 13.8. The molecule has 20 heavy (non-hydrogen) atoms. The molecule has 1 aliphatic rings. The summed E-state index contributed by atoms with van der Waals surface area (Å²) in [6, 6.07) is 11.4. The van der Waals surface area contributed by atoms with Gasteiger partial charge in [-0.2, -0.15) is 0 Å². The predicted molar refractivity (Wildman–Crippen MR) is 83.7 cm³/mol. The number of rotatable bonds is 4. The second kappa shape index (κ2) is 6.33. The van der Waals surface area contributed by atoms with Gasteiger partial charge in [-0.3, -0.25) is 9.88 Å². The molecule has 0 saturated carbocycles. The summed E-state index contributed by atoms with van der Waals surface area (Å²) in [5, 5.41) is 4.69. The Bertz CT molecular complexity index is 556. The SMILES string of the molecule is CCN(Cc1cccc2cccnc12)C1CCNCC1. The standard InChI is InChI=1S/C17H23N3/c1-2-20(16-8-11-18-12-9-16)13-15-6-3-5-14-7-4-10-19-17(14)15/h3-7,10,16,18H,2,8-9,11-13H2,1H3. The molecule has 1 aliphatic heterocycles. The molecule has 1 aromatic heterocycles. The van der Waals surface area contributed by atoms with Crippen molar-refractivity contribution in [2.75, 3.05) is 19.6 Å². The van der Waals surface area contributed by atoms with Crippen molar-refractivity contribution in [3.8, 4) is 0 Å². The topological polar surface area (TPSA) is 28.2 Å². The van der Waals surface area contributed by atoms with Crippen LogP contribution in [0.15, 0.2) is 36.5 Å². The number of nitrogens with one attached hydrogen (secondary N) is 1. The van der Waals surface area contributed by atoms with Gasteiger partial charge in [0.25, 0.3) is 0 Å². The van der Waals surface area contributed by atoms with Crippen LogP contribution in [0, 0.1) is 0 Å². The van der Waals surface area contributed by atoms with Crippen LogP contribution in [-0.4, -0.2) is 35.6 Å². The van der Waals surface area contributed by atoms with Crippen LogP contribution in [0.3, 0.4) is 0 Å². The van der Waals surface area contributed by atoms with Gasteiger partial charge in [-0.15, -0.1) is 0 Å². The molecule has 106 valence electrons. The van der Waals surface area contributed by atoms with E-state index in [4.69, 9.17) is 0 Å². The largest absolute Gasteiger partial charge is 0.317 e. The number of nitrogens with zero attached hydrogens (tertiary/aromatic N) is 2. The first-order chi connectivity index (χ1) is 9.88. The molecule has 0 atom stereocenters. The van der Waals surface area contributed by atoms with Crippen LogP contribution in [0.2, 0.25) is 0 Å². The Morgan fingerprint density at radius 3 is 2.80 bits per heavy atom. The Hall–Kier alpha value is -1.45. The first kappa shape index (κ1) is 13.5. The summed E-state index contributed by atoms with van der Waals surface area (Å²) >= 11 is 0. The number of pyridine rings is 1. The van der Waals surface area contributed by atoms with Crippen molar-refractivity contribution in [1.29, 1.82) is 0 Å². The molecule has 2 aromatic rings. The summed E-state index contributed by atoms with van der Waals surface area (Å²) in [6.07, 6.45) is 4.41. The second-order valence-electron chi connectivity index (χ2n) is 5.54. The Kier molecular flexibility index (Phi) is 4.28. The fourth-order valence-corrected chi connectivity index (χ4v) is 3.18. The second-order valence-corrected chi connectivity index (χ2v) is 5.54. The van der Waals surface area contributed by atoms with Gasteiger partial charge in [0.15, 0.2) is 0 Å². The van der Waals surface area contributed by atoms with Crippen molar-refractivity contribution in [3.63, 3.8) is 0 Å². The van der Waals surface area contributed by atoms with Crippen molar-refractivity contribution in [2.24, 2.45) is 0 Å². The molecule has 3 nitrogen and oxygen atoms in total. The van der Waals surface area contributed by atoms with Crippen LogP contribution in [0.5, 0.6) is 0 Å². The van der Waals surface area contributed by atoms with Gasteiger partial charge in [0.1, 0.15) is 0 Å². The normalized spacial score (nSPS) is 16.9. The van der Waals surface area contributed by atoms with E-state index in [1.54, 1.807) is 0 Å². The third kappa shape index (κ3) is 2.84. The summed E-state index contributed by atoms with van der Waals surface area (Å²) in [6.45, 7) is 6.67. The maximum Gasteiger partial charge on any atom is 0.0746 e. The minimum absolute atomic E-state index is 0.709. The van der Waals surface area contributed by atoms with E-state index in [9.17, 15) is 0 Å². The van der Waals surface area contributed by atoms with Gasteiger partial charge in [0.2, 0.25) is 0 Å². The Balaban J connectivity index is 1.83. The third-order valence-electron chi connectivity index (χ3n) is 4.32. The molecule has 1 fully saturated rings. The summed E-state index contributed by atoms with van der Waals surface area (Å²) in [4.78, 5) is 7.18. The number of hydrogen-bond donors (Lipinski definition) is 1. The average Bonchev–Trinajstić information content (AvgIpc) is 2.53. The minimum Gasteiger partial charge on any atom is -0.317 e. The van der Waals surface area contributed by atoms with Gasteiger partial charge in [-0.05, 0) is 44.1 Å². The van der Waals surface area contributed by atoms with E-state index in [1.807, 2.05) is 12.3 Å². The molecule has 0 spiro atoms. The van der Waals surface area contributed by atoms with E-state index in [0.29, 0.717) is 6.04 Å². The molecule has 1 aromatic carbocycles. The van der Waals surface area contributed by atoms with Crippen molar-refractivity contribution < 1.29 is 0 Å². The molecule has 3 heteroatoms. The quantitative estimate of drug-likeness (QED) is 0.925. The van der Waals surface area contributed by atoms with Gasteiger partial charge in [0, 0.05) is 24.2 Å². The van der Waals surface area contributed by atoms with Crippen molar-refractivity contribution in [2.45, 2.75) is 32.4 Å². The molecular weight excluding hydrogens is 246 g/mol. The zero-order valence-electron chi connectivity index (χ0n) is 12.2. The third-order valence-corrected chi connectivity index (χ3v) is 4.32. The van der Waals surface area contributed by atoms with E-state index < -0.39 is 0 Å². The minimum atomic E-state index is 0.709. The monoisotopic (exact) mass is 269 g/mol. The van der Waals surface area contributed by atoms with E-state index >= 15 is 0 Å². The molecule has 1 saturated heterocycles. The van der Waals surface area contributed by atoms with Crippen LogP contribution >= 0.6 is 0 Å². The van der Waals surface area contributed by atoms with Crippen LogP contribution in [0.1, 0.15) is 25.3 Å². The Labute approximate surface area is 121 Å². The lowest BCUT2D eigenvalue weighted by Crippen LogP contribution is -2.42. The Morgan fingerprint density at radius 1 is 1.20 bits per heavy atom. The van der Waals surface area contributed by atoms with E-state index in [0.717, 1.165) is 31.7 Å². The van der Waals surface area contributed by atoms with Gasteiger partial charge in [0.05, 0.1) is 5.52 Å². The number of fused-ring (bicyclic) bond motifs is 1. The molecule has 1 N–H and O–H groups in total. The van der Waals surface area contributed by atoms with Gasteiger partial charge >= 0.3 is 0 Å². The molecule has 0 bridgehead atoms. The fraction of sp³-hybridized carbons (Fsp3) is 0.471. The van der Waals surface area contributed by atoms with Crippen LogP contribution < -0.4 is 5.32 Å². The molecule has 0 amide bonds. The van der Waals surface area contributed by atoms with Crippen molar-refractivity contribution in [1.82, 2.24) is 15.2 Å². The number of benzene rings is 1. The summed E-state index contributed by atoms with van der Waals surface area (Å²) in [5.41, 5.74) is 2.51. The molecule has 0 unspecified atom stereocenters.